The Morgan fingerprint density at radius 1 is 0.800 bits per heavy atom. The minimum Gasteiger partial charge on any atom is -0.497 e. The van der Waals surface area contributed by atoms with Crippen LogP contribution in [0.15, 0.2) is 54.6 Å². The van der Waals surface area contributed by atoms with E-state index < -0.39 is 11.9 Å². The van der Waals surface area contributed by atoms with Gasteiger partial charge >= 0.3 is 11.9 Å². The van der Waals surface area contributed by atoms with Crippen LogP contribution in [-0.2, 0) is 9.78 Å². The maximum atomic E-state index is 11.7. The predicted octanol–water partition coefficient (Wildman–Crippen LogP) is 2.62. The van der Waals surface area contributed by atoms with Crippen molar-refractivity contribution in [2.45, 2.75) is 0 Å². The van der Waals surface area contributed by atoms with Crippen molar-refractivity contribution in [2.24, 2.45) is 0 Å². The molecule has 0 radical (unpaired) electrons. The summed E-state index contributed by atoms with van der Waals surface area (Å²) in [7, 11) is 1.49. The Balaban J connectivity index is 1.97. The molecule has 0 bridgehead atoms. The van der Waals surface area contributed by atoms with Crippen LogP contribution in [0.5, 0.6) is 5.75 Å². The summed E-state index contributed by atoms with van der Waals surface area (Å²) >= 11 is 0. The second kappa shape index (κ2) is 6.38. The van der Waals surface area contributed by atoms with Gasteiger partial charge in [-0.3, -0.25) is 0 Å². The average molecular weight is 272 g/mol. The van der Waals surface area contributed by atoms with Crippen molar-refractivity contribution >= 4 is 11.9 Å². The van der Waals surface area contributed by atoms with E-state index in [1.165, 1.54) is 19.2 Å². The fraction of sp³-hybridized carbons (Fsp3) is 0.0667. The van der Waals surface area contributed by atoms with Gasteiger partial charge in [0.25, 0.3) is 0 Å². The van der Waals surface area contributed by atoms with Crippen LogP contribution in [0.3, 0.4) is 0 Å². The van der Waals surface area contributed by atoms with E-state index in [4.69, 9.17) is 4.74 Å². The van der Waals surface area contributed by atoms with Crippen molar-refractivity contribution in [1.82, 2.24) is 0 Å². The Morgan fingerprint density at radius 2 is 1.40 bits per heavy atom. The van der Waals surface area contributed by atoms with Gasteiger partial charge in [-0.25, -0.2) is 19.4 Å². The minimum absolute atomic E-state index is 0.227. The van der Waals surface area contributed by atoms with E-state index in [1.807, 2.05) is 0 Å². The first kappa shape index (κ1) is 13.6. The Labute approximate surface area is 115 Å². The molecule has 0 N–H and O–H groups in total. The number of hydrogen-bond donors (Lipinski definition) is 0. The summed E-state index contributed by atoms with van der Waals surface area (Å²) in [5, 5.41) is 0. The topological polar surface area (TPSA) is 61.8 Å². The number of carbonyl (C=O) groups is 2. The van der Waals surface area contributed by atoms with E-state index in [1.54, 1.807) is 42.5 Å². The summed E-state index contributed by atoms with van der Waals surface area (Å²) < 4.78 is 4.98. The summed E-state index contributed by atoms with van der Waals surface area (Å²) in [5.74, 6) is -0.996. The van der Waals surface area contributed by atoms with Gasteiger partial charge < -0.3 is 4.74 Å². The normalized spacial score (nSPS) is 9.65. The number of carbonyl (C=O) groups excluding carboxylic acids is 2. The van der Waals surface area contributed by atoms with Gasteiger partial charge in [0.1, 0.15) is 5.75 Å². The molecule has 0 aliphatic rings. The van der Waals surface area contributed by atoms with Crippen LogP contribution in [0.4, 0.5) is 0 Å². The van der Waals surface area contributed by atoms with E-state index in [0.717, 1.165) is 0 Å². The monoisotopic (exact) mass is 272 g/mol. The van der Waals surface area contributed by atoms with Gasteiger partial charge in [0.15, 0.2) is 0 Å². The number of hydrogen-bond acceptors (Lipinski definition) is 5. The third kappa shape index (κ3) is 3.35. The van der Waals surface area contributed by atoms with Gasteiger partial charge in [0, 0.05) is 0 Å². The van der Waals surface area contributed by atoms with Crippen molar-refractivity contribution in [3.63, 3.8) is 0 Å². The standard InChI is InChI=1S/C15H12O5/c1-18-13-9-5-8-12(10-13)15(17)20-19-14(16)11-6-3-2-4-7-11/h2-10H,1H3. The smallest absolute Gasteiger partial charge is 0.386 e. The Morgan fingerprint density at radius 3 is 2.05 bits per heavy atom. The van der Waals surface area contributed by atoms with Gasteiger partial charge in [-0.05, 0) is 30.3 Å². The lowest BCUT2D eigenvalue weighted by atomic mass is 10.2. The zero-order chi connectivity index (χ0) is 14.4. The first-order chi connectivity index (χ1) is 9.70. The molecule has 2 aromatic carbocycles. The highest BCUT2D eigenvalue weighted by Crippen LogP contribution is 2.13. The second-order valence-electron chi connectivity index (χ2n) is 3.84. The van der Waals surface area contributed by atoms with Crippen molar-refractivity contribution in [3.05, 3.63) is 65.7 Å². The zero-order valence-electron chi connectivity index (χ0n) is 10.7. The molecule has 0 aliphatic carbocycles. The quantitative estimate of drug-likeness (QED) is 0.635. The molecular weight excluding hydrogens is 260 g/mol. The number of benzene rings is 2. The van der Waals surface area contributed by atoms with Crippen molar-refractivity contribution in [3.8, 4) is 5.75 Å². The van der Waals surface area contributed by atoms with Gasteiger partial charge in [0.05, 0.1) is 18.2 Å². The maximum Gasteiger partial charge on any atom is 0.386 e. The molecule has 0 spiro atoms. The first-order valence-corrected chi connectivity index (χ1v) is 5.83. The fourth-order valence-corrected chi connectivity index (χ4v) is 1.50. The molecule has 5 heteroatoms. The molecule has 2 aromatic rings. The highest BCUT2D eigenvalue weighted by Gasteiger charge is 2.14. The molecule has 0 saturated heterocycles. The molecule has 20 heavy (non-hydrogen) atoms. The van der Waals surface area contributed by atoms with E-state index in [2.05, 4.69) is 9.78 Å². The molecule has 0 amide bonds. The Kier molecular flexibility index (Phi) is 4.34. The molecule has 0 fully saturated rings. The molecular formula is C15H12O5. The Bertz CT molecular complexity index is 607. The molecule has 0 unspecified atom stereocenters. The molecule has 0 atom stereocenters. The van der Waals surface area contributed by atoms with Crippen LogP contribution >= 0.6 is 0 Å². The summed E-state index contributed by atoms with van der Waals surface area (Å²) in [5.41, 5.74) is 0.524. The second-order valence-corrected chi connectivity index (χ2v) is 3.84. The summed E-state index contributed by atoms with van der Waals surface area (Å²) in [6.07, 6.45) is 0. The molecule has 5 nitrogen and oxygen atoms in total. The number of ether oxygens (including phenoxy) is 1. The summed E-state index contributed by atoms with van der Waals surface area (Å²) in [6, 6.07) is 14.6. The minimum atomic E-state index is -0.770. The highest BCUT2D eigenvalue weighted by molar-refractivity contribution is 5.92. The van der Waals surface area contributed by atoms with Gasteiger partial charge in [0.2, 0.25) is 0 Å². The highest BCUT2D eigenvalue weighted by atomic mass is 17.2. The van der Waals surface area contributed by atoms with Crippen LogP contribution in [0, 0.1) is 0 Å². The zero-order valence-corrected chi connectivity index (χ0v) is 10.7. The molecule has 0 aliphatic heterocycles. The van der Waals surface area contributed by atoms with Gasteiger partial charge in [-0.2, -0.15) is 0 Å². The largest absolute Gasteiger partial charge is 0.497 e. The first-order valence-electron chi connectivity index (χ1n) is 5.83. The van der Waals surface area contributed by atoms with Crippen LogP contribution in [0.25, 0.3) is 0 Å². The fourth-order valence-electron chi connectivity index (χ4n) is 1.50. The van der Waals surface area contributed by atoms with E-state index in [9.17, 15) is 9.59 Å². The lowest BCUT2D eigenvalue weighted by molar-refractivity contribution is -0.187. The SMILES string of the molecule is COc1cccc(C(=O)OOC(=O)c2ccccc2)c1. The maximum absolute atomic E-state index is 11.7. The van der Waals surface area contributed by atoms with E-state index >= 15 is 0 Å². The molecule has 0 saturated carbocycles. The van der Waals surface area contributed by atoms with Gasteiger partial charge in [-0.1, -0.05) is 24.3 Å². The molecule has 2 rings (SSSR count). The van der Waals surface area contributed by atoms with Crippen LogP contribution in [0.1, 0.15) is 20.7 Å². The predicted molar refractivity (Wildman–Crippen MR) is 70.3 cm³/mol. The van der Waals surface area contributed by atoms with Gasteiger partial charge in [-0.15, -0.1) is 0 Å². The average Bonchev–Trinajstić information content (AvgIpc) is 2.53. The summed E-state index contributed by atoms with van der Waals surface area (Å²) in [4.78, 5) is 32.3. The number of rotatable bonds is 3. The van der Waals surface area contributed by atoms with Crippen LogP contribution in [0.2, 0.25) is 0 Å². The molecule has 0 aromatic heterocycles. The lowest BCUT2D eigenvalue weighted by Crippen LogP contribution is -2.11. The van der Waals surface area contributed by atoms with Crippen molar-refractivity contribution in [1.29, 1.82) is 0 Å². The molecule has 0 heterocycles. The van der Waals surface area contributed by atoms with Crippen molar-refractivity contribution < 1.29 is 24.1 Å². The van der Waals surface area contributed by atoms with Crippen molar-refractivity contribution in [2.75, 3.05) is 7.11 Å². The van der Waals surface area contributed by atoms with Crippen LogP contribution < -0.4 is 4.74 Å². The molecule has 102 valence electrons. The Hall–Kier alpha value is -2.82. The third-order valence-corrected chi connectivity index (χ3v) is 2.51. The van der Waals surface area contributed by atoms with E-state index in [0.29, 0.717) is 11.3 Å². The van der Waals surface area contributed by atoms with Crippen LogP contribution in [-0.4, -0.2) is 19.0 Å². The summed E-state index contributed by atoms with van der Waals surface area (Å²) in [6.45, 7) is 0. The third-order valence-electron chi connectivity index (χ3n) is 2.51. The van der Waals surface area contributed by atoms with E-state index in [-0.39, 0.29) is 5.56 Å². The number of methoxy groups -OCH3 is 1. The lowest BCUT2D eigenvalue weighted by Gasteiger charge is -2.04.